The number of fused-ring (bicyclic) bond motifs is 2. The van der Waals surface area contributed by atoms with Crippen molar-refractivity contribution in [3.05, 3.63) is 6.07 Å². The summed E-state index contributed by atoms with van der Waals surface area (Å²) in [6.07, 6.45) is 0. The van der Waals surface area contributed by atoms with E-state index >= 15 is 0 Å². The second-order valence-corrected chi connectivity index (χ2v) is 4.13. The highest BCUT2D eigenvalue weighted by Crippen LogP contribution is 2.51. The maximum Gasteiger partial charge on any atom is 0.501 e. The lowest BCUT2D eigenvalue weighted by atomic mass is 10.2. The number of ether oxygens (including phenoxy) is 1. The third-order valence-corrected chi connectivity index (χ3v) is 2.63. The number of hydrogen-bond acceptors (Lipinski definition) is 7. The number of hydrogen-bond donors (Lipinski definition) is 2. The van der Waals surface area contributed by atoms with Gasteiger partial charge in [-0.2, -0.15) is 0 Å². The van der Waals surface area contributed by atoms with Gasteiger partial charge in [0.15, 0.2) is 11.5 Å². The highest BCUT2D eigenvalue weighted by Gasteiger charge is 2.33. The SMILES string of the molecule is CCOc1c2cc(N)c(O)c1OS(=O)(=O)O2. The van der Waals surface area contributed by atoms with Gasteiger partial charge in [0.25, 0.3) is 0 Å². The molecule has 0 aliphatic carbocycles. The molecule has 0 atom stereocenters. The molecule has 3 N–H and O–H groups in total. The molecule has 1 aromatic carbocycles. The van der Waals surface area contributed by atoms with Gasteiger partial charge in [-0.15, -0.1) is 8.42 Å². The Labute approximate surface area is 91.7 Å². The molecule has 1 heterocycles. The molecule has 2 bridgehead atoms. The minimum absolute atomic E-state index is 0.0176. The van der Waals surface area contributed by atoms with E-state index in [1.54, 1.807) is 6.92 Å². The lowest BCUT2D eigenvalue weighted by molar-refractivity contribution is 0.283. The van der Waals surface area contributed by atoms with Gasteiger partial charge in [0, 0.05) is 6.07 Å². The smallest absolute Gasteiger partial charge is 0.501 e. The molecule has 2 rings (SSSR count). The van der Waals surface area contributed by atoms with Gasteiger partial charge in [-0.05, 0) is 6.92 Å². The maximum absolute atomic E-state index is 11.1. The van der Waals surface area contributed by atoms with E-state index in [4.69, 9.17) is 10.5 Å². The Kier molecular flexibility index (Phi) is 2.23. The first-order valence-corrected chi connectivity index (χ1v) is 5.70. The number of anilines is 1. The van der Waals surface area contributed by atoms with Crippen LogP contribution in [0.25, 0.3) is 0 Å². The van der Waals surface area contributed by atoms with Crippen molar-refractivity contribution >= 4 is 16.1 Å². The molecule has 7 nitrogen and oxygen atoms in total. The third kappa shape index (κ3) is 1.56. The Hall–Kier alpha value is -1.83. The monoisotopic (exact) mass is 247 g/mol. The van der Waals surface area contributed by atoms with Crippen LogP contribution in [0.4, 0.5) is 5.69 Å². The van der Waals surface area contributed by atoms with Crippen molar-refractivity contribution in [1.29, 1.82) is 0 Å². The van der Waals surface area contributed by atoms with E-state index in [0.717, 1.165) is 6.07 Å². The number of benzene rings is 1. The van der Waals surface area contributed by atoms with Crippen LogP contribution in [-0.2, 0) is 10.4 Å². The standard InChI is InChI=1S/C8H9NO6S/c1-2-13-7-5-3-4(9)6(10)8(7)15-16(11,12)14-5/h3,10H,2,9H2,1H3. The molecule has 0 saturated heterocycles. The highest BCUT2D eigenvalue weighted by atomic mass is 32.3. The largest absolute Gasteiger partial charge is 0.503 e. The summed E-state index contributed by atoms with van der Waals surface area (Å²) in [4.78, 5) is 0. The van der Waals surface area contributed by atoms with Gasteiger partial charge < -0.3 is 23.9 Å². The zero-order valence-electron chi connectivity index (χ0n) is 8.26. The Morgan fingerprint density at radius 1 is 1.50 bits per heavy atom. The minimum Gasteiger partial charge on any atom is -0.503 e. The topological polar surface area (TPSA) is 108 Å². The molecule has 0 radical (unpaired) electrons. The predicted molar refractivity (Wildman–Crippen MR) is 53.9 cm³/mol. The number of rotatable bonds is 2. The molecule has 0 amide bonds. The molecule has 1 aliphatic rings. The summed E-state index contributed by atoms with van der Waals surface area (Å²) in [6.45, 7) is 1.95. The van der Waals surface area contributed by atoms with Crippen molar-refractivity contribution in [2.75, 3.05) is 12.3 Å². The van der Waals surface area contributed by atoms with Gasteiger partial charge >= 0.3 is 10.4 Å². The minimum atomic E-state index is -4.21. The highest BCUT2D eigenvalue weighted by molar-refractivity contribution is 7.82. The van der Waals surface area contributed by atoms with Crippen molar-refractivity contribution < 1.29 is 26.6 Å². The zero-order chi connectivity index (χ0) is 11.9. The molecule has 8 heteroatoms. The summed E-state index contributed by atoms with van der Waals surface area (Å²) in [6, 6.07) is 1.16. The van der Waals surface area contributed by atoms with Crippen LogP contribution >= 0.6 is 0 Å². The fourth-order valence-corrected chi connectivity index (χ4v) is 2.01. The molecule has 88 valence electrons. The Morgan fingerprint density at radius 2 is 2.19 bits per heavy atom. The van der Waals surface area contributed by atoms with Crippen LogP contribution in [0.2, 0.25) is 0 Å². The molecular weight excluding hydrogens is 238 g/mol. The zero-order valence-corrected chi connectivity index (χ0v) is 9.08. The van der Waals surface area contributed by atoms with Crippen LogP contribution in [0, 0.1) is 0 Å². The Balaban J connectivity index is 2.66. The molecule has 0 aromatic heterocycles. The average Bonchev–Trinajstić information content (AvgIpc) is 2.17. The quantitative estimate of drug-likeness (QED) is 0.574. The first-order valence-electron chi connectivity index (χ1n) is 4.36. The Bertz CT molecular complexity index is 538. The molecule has 1 aromatic rings. The van der Waals surface area contributed by atoms with Gasteiger partial charge in [-0.1, -0.05) is 0 Å². The van der Waals surface area contributed by atoms with E-state index in [9.17, 15) is 13.5 Å². The number of aromatic hydroxyl groups is 1. The van der Waals surface area contributed by atoms with Crippen LogP contribution in [0.3, 0.4) is 0 Å². The second-order valence-electron chi connectivity index (χ2n) is 2.98. The van der Waals surface area contributed by atoms with Crippen molar-refractivity contribution in [2.45, 2.75) is 6.92 Å². The first-order chi connectivity index (χ1) is 7.44. The fourth-order valence-electron chi connectivity index (χ4n) is 1.27. The molecule has 0 fully saturated rings. The van der Waals surface area contributed by atoms with Crippen molar-refractivity contribution in [3.8, 4) is 23.0 Å². The van der Waals surface area contributed by atoms with E-state index in [0.29, 0.717) is 0 Å². The van der Waals surface area contributed by atoms with E-state index < -0.39 is 16.1 Å². The maximum atomic E-state index is 11.1. The Morgan fingerprint density at radius 3 is 2.81 bits per heavy atom. The molecule has 0 spiro atoms. The third-order valence-electron chi connectivity index (χ3n) is 1.87. The summed E-state index contributed by atoms with van der Waals surface area (Å²) in [5.41, 5.74) is 5.37. The van der Waals surface area contributed by atoms with Crippen LogP contribution in [0.5, 0.6) is 23.0 Å². The average molecular weight is 247 g/mol. The van der Waals surface area contributed by atoms with E-state index in [1.165, 1.54) is 0 Å². The predicted octanol–water partition coefficient (Wildman–Crippen LogP) is 0.389. The van der Waals surface area contributed by atoms with E-state index in [1.807, 2.05) is 0 Å². The summed E-state index contributed by atoms with van der Waals surface area (Å²) in [5.74, 6) is -0.912. The first kappa shape index (κ1) is 10.7. The van der Waals surface area contributed by atoms with Crippen LogP contribution in [-0.4, -0.2) is 20.1 Å². The summed E-state index contributed by atoms with van der Waals surface area (Å²) in [5, 5.41) is 9.55. The fraction of sp³-hybridized carbons (Fsp3) is 0.250. The van der Waals surface area contributed by atoms with Gasteiger partial charge in [0.05, 0.1) is 12.3 Å². The van der Waals surface area contributed by atoms with Crippen molar-refractivity contribution in [3.63, 3.8) is 0 Å². The molecule has 16 heavy (non-hydrogen) atoms. The molecular formula is C8H9NO6S. The summed E-state index contributed by atoms with van der Waals surface area (Å²) in [7, 11) is -4.21. The van der Waals surface area contributed by atoms with Crippen molar-refractivity contribution in [2.24, 2.45) is 0 Å². The summed E-state index contributed by atoms with van der Waals surface area (Å²) < 4.78 is 36.3. The lowest BCUT2D eigenvalue weighted by Gasteiger charge is -2.21. The number of phenolic OH excluding ortho intramolecular Hbond substituents is 1. The van der Waals surface area contributed by atoms with Crippen LogP contribution in [0.15, 0.2) is 6.07 Å². The molecule has 0 unspecified atom stereocenters. The number of nitrogen functional groups attached to an aromatic ring is 1. The molecule has 0 saturated carbocycles. The van der Waals surface area contributed by atoms with Gasteiger partial charge in [-0.25, -0.2) is 0 Å². The van der Waals surface area contributed by atoms with Crippen LogP contribution in [0.1, 0.15) is 6.92 Å². The molecule has 1 aliphatic heterocycles. The van der Waals surface area contributed by atoms with E-state index in [2.05, 4.69) is 8.37 Å². The number of nitrogens with two attached hydrogens (primary N) is 1. The van der Waals surface area contributed by atoms with Gasteiger partial charge in [0.1, 0.15) is 0 Å². The number of phenols is 1. The normalized spacial score (nSPS) is 16.1. The van der Waals surface area contributed by atoms with Gasteiger partial charge in [0.2, 0.25) is 11.5 Å². The van der Waals surface area contributed by atoms with E-state index in [-0.39, 0.29) is 29.5 Å². The van der Waals surface area contributed by atoms with Crippen molar-refractivity contribution in [1.82, 2.24) is 0 Å². The lowest BCUT2D eigenvalue weighted by Crippen LogP contribution is -2.22. The van der Waals surface area contributed by atoms with Crippen LogP contribution < -0.4 is 18.8 Å². The van der Waals surface area contributed by atoms with Gasteiger partial charge in [-0.3, -0.25) is 0 Å². The summed E-state index contributed by atoms with van der Waals surface area (Å²) >= 11 is 0. The second kappa shape index (κ2) is 3.34.